The summed E-state index contributed by atoms with van der Waals surface area (Å²) in [7, 11) is 1.57. The Balaban J connectivity index is 2.08. The molecule has 0 atom stereocenters. The second kappa shape index (κ2) is 5.85. The van der Waals surface area contributed by atoms with Crippen LogP contribution in [0.3, 0.4) is 0 Å². The van der Waals surface area contributed by atoms with Crippen molar-refractivity contribution in [3.63, 3.8) is 0 Å². The molecule has 0 spiro atoms. The van der Waals surface area contributed by atoms with Gasteiger partial charge in [0, 0.05) is 18.1 Å². The number of anilines is 1. The summed E-state index contributed by atoms with van der Waals surface area (Å²) >= 11 is 0. The first kappa shape index (κ1) is 14.1. The maximum Gasteiger partial charge on any atom is 0.227 e. The lowest BCUT2D eigenvalue weighted by atomic mass is 10.1. The van der Waals surface area contributed by atoms with Gasteiger partial charge in [-0.15, -0.1) is 0 Å². The normalized spacial score (nSPS) is 10.6. The van der Waals surface area contributed by atoms with E-state index in [9.17, 15) is 5.11 Å². The smallest absolute Gasteiger partial charge is 0.227 e. The summed E-state index contributed by atoms with van der Waals surface area (Å²) in [5.41, 5.74) is 2.23. The Bertz CT molecular complexity index is 820. The van der Waals surface area contributed by atoms with Gasteiger partial charge in [0.2, 0.25) is 11.8 Å². The van der Waals surface area contributed by atoms with Crippen LogP contribution in [0, 0.1) is 0 Å². The highest BCUT2D eigenvalue weighted by Gasteiger charge is 2.11. The molecule has 6 heteroatoms. The highest BCUT2D eigenvalue weighted by molar-refractivity contribution is 5.83. The number of phenols is 1. The average Bonchev–Trinajstić information content (AvgIpc) is 2.54. The van der Waals surface area contributed by atoms with Crippen molar-refractivity contribution in [2.75, 3.05) is 19.0 Å². The van der Waals surface area contributed by atoms with E-state index in [0.717, 1.165) is 28.7 Å². The van der Waals surface area contributed by atoms with Gasteiger partial charge in [0.05, 0.1) is 23.9 Å². The molecule has 0 unspecified atom stereocenters. The summed E-state index contributed by atoms with van der Waals surface area (Å²) < 4.78 is 5.35. The number of fused-ring (bicyclic) bond motifs is 1. The Morgan fingerprint density at radius 1 is 1.18 bits per heavy atom. The van der Waals surface area contributed by atoms with Crippen molar-refractivity contribution in [1.82, 2.24) is 15.0 Å². The van der Waals surface area contributed by atoms with E-state index in [0.29, 0.717) is 11.8 Å². The molecule has 1 aromatic carbocycles. The van der Waals surface area contributed by atoms with Crippen molar-refractivity contribution in [2.24, 2.45) is 0 Å². The molecule has 0 saturated carbocycles. The maximum absolute atomic E-state index is 9.51. The lowest BCUT2D eigenvalue weighted by Gasteiger charge is -2.09. The SMILES string of the molecule is CCNc1ncc(-c2ccc3cc(O)ccc3n2)c(OC)n1. The highest BCUT2D eigenvalue weighted by Crippen LogP contribution is 2.29. The van der Waals surface area contributed by atoms with Crippen LogP contribution in [0.2, 0.25) is 0 Å². The molecule has 0 radical (unpaired) electrons. The summed E-state index contributed by atoms with van der Waals surface area (Å²) in [5.74, 6) is 1.21. The third kappa shape index (κ3) is 2.63. The van der Waals surface area contributed by atoms with Gasteiger partial charge in [-0.25, -0.2) is 9.97 Å². The van der Waals surface area contributed by atoms with Crippen molar-refractivity contribution in [2.45, 2.75) is 6.92 Å². The molecular formula is C16H16N4O2. The molecule has 0 aliphatic heterocycles. The van der Waals surface area contributed by atoms with E-state index >= 15 is 0 Å². The molecule has 2 aromatic heterocycles. The van der Waals surface area contributed by atoms with Crippen LogP contribution in [0.5, 0.6) is 11.6 Å². The minimum atomic E-state index is 0.220. The Labute approximate surface area is 127 Å². The fourth-order valence-corrected chi connectivity index (χ4v) is 2.20. The molecule has 112 valence electrons. The number of phenolic OH excluding ortho intramolecular Hbond substituents is 1. The topological polar surface area (TPSA) is 80.2 Å². The van der Waals surface area contributed by atoms with Gasteiger partial charge in [-0.3, -0.25) is 0 Å². The number of pyridine rings is 1. The number of nitrogens with zero attached hydrogens (tertiary/aromatic N) is 3. The molecule has 0 fully saturated rings. The standard InChI is InChI=1S/C16H16N4O2/c1-3-17-16-18-9-12(15(20-16)22-2)14-6-4-10-8-11(21)5-7-13(10)19-14/h4-9,21H,3H2,1-2H3,(H,17,18,20). The predicted octanol–water partition coefficient (Wildman–Crippen LogP) is 2.84. The predicted molar refractivity (Wildman–Crippen MR) is 85.1 cm³/mol. The first-order chi connectivity index (χ1) is 10.7. The number of rotatable bonds is 4. The minimum Gasteiger partial charge on any atom is -0.508 e. The first-order valence-electron chi connectivity index (χ1n) is 6.96. The zero-order valence-corrected chi connectivity index (χ0v) is 12.4. The van der Waals surface area contributed by atoms with Crippen LogP contribution in [0.4, 0.5) is 5.95 Å². The van der Waals surface area contributed by atoms with Crippen LogP contribution in [0.15, 0.2) is 36.5 Å². The summed E-state index contributed by atoms with van der Waals surface area (Å²) in [5, 5.41) is 13.4. The Hall–Kier alpha value is -2.89. The van der Waals surface area contributed by atoms with Crippen molar-refractivity contribution < 1.29 is 9.84 Å². The molecule has 6 nitrogen and oxygen atoms in total. The monoisotopic (exact) mass is 296 g/mol. The lowest BCUT2D eigenvalue weighted by molar-refractivity contribution is 0.399. The summed E-state index contributed by atoms with van der Waals surface area (Å²) in [4.78, 5) is 13.2. The van der Waals surface area contributed by atoms with Crippen molar-refractivity contribution >= 4 is 16.9 Å². The van der Waals surface area contributed by atoms with Gasteiger partial charge in [-0.2, -0.15) is 4.98 Å². The van der Waals surface area contributed by atoms with Crippen LogP contribution < -0.4 is 10.1 Å². The fraction of sp³-hybridized carbons (Fsp3) is 0.188. The van der Waals surface area contributed by atoms with Crippen LogP contribution in [-0.2, 0) is 0 Å². The van der Waals surface area contributed by atoms with Gasteiger partial charge in [-0.1, -0.05) is 6.07 Å². The molecular weight excluding hydrogens is 280 g/mol. The molecule has 3 aromatic rings. The molecule has 0 bridgehead atoms. The second-order valence-electron chi connectivity index (χ2n) is 4.72. The number of benzene rings is 1. The number of aromatic hydroxyl groups is 1. The molecule has 0 amide bonds. The summed E-state index contributed by atoms with van der Waals surface area (Å²) in [6.45, 7) is 2.71. The van der Waals surface area contributed by atoms with Crippen LogP contribution >= 0.6 is 0 Å². The van der Waals surface area contributed by atoms with E-state index < -0.39 is 0 Å². The van der Waals surface area contributed by atoms with Gasteiger partial charge in [0.15, 0.2) is 0 Å². The third-order valence-corrected chi connectivity index (χ3v) is 3.23. The second-order valence-corrected chi connectivity index (χ2v) is 4.72. The van der Waals surface area contributed by atoms with Crippen molar-refractivity contribution in [3.05, 3.63) is 36.5 Å². The van der Waals surface area contributed by atoms with Crippen LogP contribution in [0.1, 0.15) is 6.92 Å². The van der Waals surface area contributed by atoms with Gasteiger partial charge in [0.25, 0.3) is 0 Å². The number of ether oxygens (including phenoxy) is 1. The van der Waals surface area contributed by atoms with Gasteiger partial charge in [0.1, 0.15) is 5.75 Å². The quantitative estimate of drug-likeness (QED) is 0.770. The lowest BCUT2D eigenvalue weighted by Crippen LogP contribution is -2.04. The highest BCUT2D eigenvalue weighted by atomic mass is 16.5. The Morgan fingerprint density at radius 2 is 2.05 bits per heavy atom. The number of nitrogens with one attached hydrogen (secondary N) is 1. The number of hydrogen-bond donors (Lipinski definition) is 2. The Morgan fingerprint density at radius 3 is 2.82 bits per heavy atom. The number of aromatic nitrogens is 3. The van der Waals surface area contributed by atoms with Crippen molar-refractivity contribution in [3.8, 4) is 22.9 Å². The van der Waals surface area contributed by atoms with E-state index in [4.69, 9.17) is 4.74 Å². The van der Waals surface area contributed by atoms with Gasteiger partial charge < -0.3 is 15.2 Å². The molecule has 0 saturated heterocycles. The fourth-order valence-electron chi connectivity index (χ4n) is 2.20. The van der Waals surface area contributed by atoms with Crippen LogP contribution in [-0.4, -0.2) is 33.7 Å². The summed E-state index contributed by atoms with van der Waals surface area (Å²) in [6.07, 6.45) is 1.69. The van der Waals surface area contributed by atoms with Crippen molar-refractivity contribution in [1.29, 1.82) is 0 Å². The summed E-state index contributed by atoms with van der Waals surface area (Å²) in [6, 6.07) is 8.81. The number of methoxy groups -OCH3 is 1. The average molecular weight is 296 g/mol. The molecule has 3 rings (SSSR count). The van der Waals surface area contributed by atoms with Gasteiger partial charge >= 0.3 is 0 Å². The molecule has 2 N–H and O–H groups in total. The molecule has 0 aliphatic carbocycles. The van der Waals surface area contributed by atoms with E-state index in [1.165, 1.54) is 0 Å². The third-order valence-electron chi connectivity index (χ3n) is 3.23. The number of hydrogen-bond acceptors (Lipinski definition) is 6. The van der Waals surface area contributed by atoms with Crippen LogP contribution in [0.25, 0.3) is 22.2 Å². The maximum atomic E-state index is 9.51. The molecule has 2 heterocycles. The largest absolute Gasteiger partial charge is 0.508 e. The van der Waals surface area contributed by atoms with E-state index in [1.54, 1.807) is 31.5 Å². The van der Waals surface area contributed by atoms with E-state index in [-0.39, 0.29) is 5.75 Å². The first-order valence-corrected chi connectivity index (χ1v) is 6.96. The molecule has 0 aliphatic rings. The van der Waals surface area contributed by atoms with Gasteiger partial charge in [-0.05, 0) is 31.2 Å². The van der Waals surface area contributed by atoms with E-state index in [1.807, 2.05) is 19.1 Å². The molecule has 22 heavy (non-hydrogen) atoms. The minimum absolute atomic E-state index is 0.220. The Kier molecular flexibility index (Phi) is 3.74. The zero-order valence-electron chi connectivity index (χ0n) is 12.4. The zero-order chi connectivity index (χ0) is 15.5. The van der Waals surface area contributed by atoms with E-state index in [2.05, 4.69) is 20.3 Å².